The number of para-hydroxylation sites is 2. The average Bonchev–Trinajstić information content (AvgIpc) is 3.37. The van der Waals surface area contributed by atoms with Crippen LogP contribution in [-0.4, -0.2) is 27.6 Å². The minimum atomic E-state index is -0.417. The molecule has 31 heavy (non-hydrogen) atoms. The normalized spacial score (nSPS) is 10.9. The maximum atomic E-state index is 12.2. The summed E-state index contributed by atoms with van der Waals surface area (Å²) in [4.78, 5) is 34.5. The van der Waals surface area contributed by atoms with E-state index in [0.717, 1.165) is 5.52 Å². The highest BCUT2D eigenvalue weighted by molar-refractivity contribution is 7.99. The van der Waals surface area contributed by atoms with Gasteiger partial charge in [0.15, 0.2) is 10.7 Å². The van der Waals surface area contributed by atoms with Crippen LogP contribution in [0.25, 0.3) is 11.1 Å². The van der Waals surface area contributed by atoms with E-state index in [1.165, 1.54) is 34.9 Å². The van der Waals surface area contributed by atoms with E-state index in [1.54, 1.807) is 29.6 Å². The lowest BCUT2D eigenvalue weighted by Crippen LogP contribution is -2.22. The Morgan fingerprint density at radius 3 is 2.81 bits per heavy atom. The molecule has 0 saturated heterocycles. The Morgan fingerprint density at radius 2 is 2.03 bits per heavy atom. The lowest BCUT2D eigenvalue weighted by Gasteiger charge is -2.18. The van der Waals surface area contributed by atoms with Gasteiger partial charge < -0.3 is 9.15 Å². The number of fused-ring (bicyclic) bond motifs is 1. The van der Waals surface area contributed by atoms with Gasteiger partial charge in [0.25, 0.3) is 5.22 Å². The van der Waals surface area contributed by atoms with Gasteiger partial charge in [0.2, 0.25) is 5.91 Å². The molecule has 4 aromatic rings. The van der Waals surface area contributed by atoms with Gasteiger partial charge in [0.1, 0.15) is 17.9 Å². The zero-order valence-corrected chi connectivity index (χ0v) is 18.7. The monoisotopic (exact) mass is 473 g/mol. The van der Waals surface area contributed by atoms with Crippen molar-refractivity contribution in [1.82, 2.24) is 9.97 Å². The highest BCUT2D eigenvalue weighted by Gasteiger charge is 2.19. The number of oxazole rings is 1. The third kappa shape index (κ3) is 5.25. The van der Waals surface area contributed by atoms with Crippen molar-refractivity contribution in [1.29, 1.82) is 0 Å². The third-order valence-electron chi connectivity index (χ3n) is 4.08. The number of anilines is 2. The van der Waals surface area contributed by atoms with Crippen molar-refractivity contribution in [2.45, 2.75) is 18.8 Å². The molecule has 2 aromatic carbocycles. The number of esters is 1. The molecule has 0 aliphatic rings. The smallest absolute Gasteiger partial charge is 0.316 e. The van der Waals surface area contributed by atoms with Crippen molar-refractivity contribution < 1.29 is 18.7 Å². The molecule has 4 rings (SSSR count). The number of hydrogen-bond acceptors (Lipinski definition) is 8. The van der Waals surface area contributed by atoms with Crippen LogP contribution in [-0.2, 0) is 20.9 Å². The second kappa shape index (κ2) is 9.51. The minimum Gasteiger partial charge on any atom is -0.459 e. The van der Waals surface area contributed by atoms with Crippen LogP contribution in [0.5, 0.6) is 0 Å². The number of rotatable bonds is 7. The first kappa shape index (κ1) is 21.4. The molecule has 0 radical (unpaired) electrons. The van der Waals surface area contributed by atoms with E-state index < -0.39 is 5.97 Å². The highest BCUT2D eigenvalue weighted by Crippen LogP contribution is 2.30. The summed E-state index contributed by atoms with van der Waals surface area (Å²) in [5.41, 5.74) is 2.58. The zero-order valence-electron chi connectivity index (χ0n) is 16.3. The number of aromatic nitrogens is 2. The SMILES string of the molecule is CC(=O)N(c1cccc(Cl)c1)c1nc(COC(=O)CSc2nc3ccccc3o2)cs1. The van der Waals surface area contributed by atoms with Crippen LogP contribution in [0.4, 0.5) is 10.8 Å². The molecule has 0 aliphatic carbocycles. The fourth-order valence-electron chi connectivity index (χ4n) is 2.74. The van der Waals surface area contributed by atoms with Crippen LogP contribution in [0, 0.1) is 0 Å². The van der Waals surface area contributed by atoms with E-state index in [2.05, 4.69) is 9.97 Å². The molecule has 2 aromatic heterocycles. The van der Waals surface area contributed by atoms with Crippen LogP contribution in [0.15, 0.2) is 63.6 Å². The second-order valence-electron chi connectivity index (χ2n) is 6.35. The molecule has 10 heteroatoms. The standard InChI is InChI=1S/C21H16ClN3O4S2/c1-13(26)25(16-6-4-5-14(22)9-16)20-23-15(11-30-20)10-28-19(27)12-31-21-24-17-7-2-3-8-18(17)29-21/h2-9,11H,10,12H2,1H3. The number of thioether (sulfide) groups is 1. The fourth-order valence-corrected chi connectivity index (χ4v) is 4.43. The molecule has 7 nitrogen and oxygen atoms in total. The molecule has 0 aliphatic heterocycles. The van der Waals surface area contributed by atoms with Crippen molar-refractivity contribution in [3.05, 3.63) is 64.6 Å². The van der Waals surface area contributed by atoms with E-state index >= 15 is 0 Å². The Balaban J connectivity index is 1.34. The molecule has 0 fully saturated rings. The lowest BCUT2D eigenvalue weighted by atomic mass is 10.3. The van der Waals surface area contributed by atoms with Gasteiger partial charge in [0.05, 0.1) is 11.4 Å². The number of ether oxygens (including phenoxy) is 1. The first-order valence-electron chi connectivity index (χ1n) is 9.14. The quantitative estimate of drug-likeness (QED) is 0.260. The molecule has 0 atom stereocenters. The lowest BCUT2D eigenvalue weighted by molar-refractivity contribution is -0.141. The van der Waals surface area contributed by atoms with Crippen molar-refractivity contribution in [2.24, 2.45) is 0 Å². The van der Waals surface area contributed by atoms with Crippen molar-refractivity contribution >= 4 is 68.5 Å². The number of nitrogens with zero attached hydrogens (tertiary/aromatic N) is 3. The van der Waals surface area contributed by atoms with Gasteiger partial charge in [-0.15, -0.1) is 11.3 Å². The maximum Gasteiger partial charge on any atom is 0.316 e. The van der Waals surface area contributed by atoms with Crippen LogP contribution >= 0.6 is 34.7 Å². The Hall–Kier alpha value is -2.88. The summed E-state index contributed by atoms with van der Waals surface area (Å²) in [6.45, 7) is 1.45. The highest BCUT2D eigenvalue weighted by atomic mass is 35.5. The molecular weight excluding hydrogens is 458 g/mol. The van der Waals surface area contributed by atoms with Crippen molar-refractivity contribution in [3.63, 3.8) is 0 Å². The molecule has 0 unspecified atom stereocenters. The summed E-state index contributed by atoms with van der Waals surface area (Å²) >= 11 is 8.49. The van der Waals surface area contributed by atoms with E-state index in [0.29, 0.717) is 32.3 Å². The average molecular weight is 474 g/mol. The number of benzene rings is 2. The van der Waals surface area contributed by atoms with Crippen LogP contribution in [0.1, 0.15) is 12.6 Å². The summed E-state index contributed by atoms with van der Waals surface area (Å²) in [6.07, 6.45) is 0. The van der Waals surface area contributed by atoms with Crippen LogP contribution < -0.4 is 4.90 Å². The largest absolute Gasteiger partial charge is 0.459 e. The van der Waals surface area contributed by atoms with Gasteiger partial charge in [-0.2, -0.15) is 0 Å². The van der Waals surface area contributed by atoms with E-state index in [9.17, 15) is 9.59 Å². The van der Waals surface area contributed by atoms with Crippen molar-refractivity contribution in [3.8, 4) is 0 Å². The molecule has 0 bridgehead atoms. The van der Waals surface area contributed by atoms with Gasteiger partial charge in [0, 0.05) is 17.3 Å². The Bertz CT molecular complexity index is 1210. The van der Waals surface area contributed by atoms with Gasteiger partial charge in [-0.25, -0.2) is 9.97 Å². The molecular formula is C21H16ClN3O4S2. The van der Waals surface area contributed by atoms with Crippen LogP contribution in [0.3, 0.4) is 0 Å². The number of carbonyl (C=O) groups excluding carboxylic acids is 2. The second-order valence-corrected chi connectivity index (χ2v) is 8.55. The zero-order chi connectivity index (χ0) is 21.8. The summed E-state index contributed by atoms with van der Waals surface area (Å²) in [6, 6.07) is 14.3. The van der Waals surface area contributed by atoms with Gasteiger partial charge in [-0.05, 0) is 30.3 Å². The molecule has 0 spiro atoms. The van der Waals surface area contributed by atoms with Crippen molar-refractivity contribution in [2.75, 3.05) is 10.7 Å². The summed E-state index contributed by atoms with van der Waals surface area (Å²) in [5, 5.41) is 3.15. The summed E-state index contributed by atoms with van der Waals surface area (Å²) < 4.78 is 10.9. The fraction of sp³-hybridized carbons (Fsp3) is 0.143. The summed E-state index contributed by atoms with van der Waals surface area (Å²) in [5.74, 6) is -0.554. The molecule has 2 heterocycles. The van der Waals surface area contributed by atoms with Gasteiger partial charge in [-0.3, -0.25) is 14.5 Å². The number of amides is 1. The number of thiazole rings is 1. The first-order chi connectivity index (χ1) is 15.0. The van der Waals surface area contributed by atoms with Gasteiger partial charge >= 0.3 is 5.97 Å². The van der Waals surface area contributed by atoms with E-state index in [1.807, 2.05) is 24.3 Å². The number of halogens is 1. The third-order valence-corrected chi connectivity index (χ3v) is 5.99. The predicted molar refractivity (Wildman–Crippen MR) is 121 cm³/mol. The Morgan fingerprint density at radius 1 is 1.19 bits per heavy atom. The van der Waals surface area contributed by atoms with Crippen LogP contribution in [0.2, 0.25) is 5.02 Å². The summed E-state index contributed by atoms with van der Waals surface area (Å²) in [7, 11) is 0. The Kier molecular flexibility index (Phi) is 6.55. The maximum absolute atomic E-state index is 12.2. The minimum absolute atomic E-state index is 0.00471. The molecule has 1 amide bonds. The first-order valence-corrected chi connectivity index (χ1v) is 11.4. The molecule has 0 N–H and O–H groups in total. The molecule has 158 valence electrons. The van der Waals surface area contributed by atoms with E-state index in [-0.39, 0.29) is 18.3 Å². The predicted octanol–water partition coefficient (Wildman–Crippen LogP) is 5.46. The van der Waals surface area contributed by atoms with E-state index in [4.69, 9.17) is 20.8 Å². The topological polar surface area (TPSA) is 85.5 Å². The van der Waals surface area contributed by atoms with Gasteiger partial charge in [-0.1, -0.05) is 41.6 Å². The molecule has 0 saturated carbocycles. The number of hydrogen-bond donors (Lipinski definition) is 0. The number of carbonyl (C=O) groups is 2. The Labute approximate surface area is 191 Å².